The van der Waals surface area contributed by atoms with Gasteiger partial charge in [0.2, 0.25) is 0 Å². The van der Waals surface area contributed by atoms with Crippen molar-refractivity contribution in [3.8, 4) is 0 Å². The molecule has 0 fully saturated rings. The number of hydrogen-bond acceptors (Lipinski definition) is 15. The van der Waals surface area contributed by atoms with E-state index in [1.807, 2.05) is 0 Å². The van der Waals surface area contributed by atoms with Gasteiger partial charge in [-0.25, -0.2) is 9.13 Å². The summed E-state index contributed by atoms with van der Waals surface area (Å²) in [5.74, 6) is 0.995. The molecule has 3 N–H and O–H groups in total. The maximum absolute atomic E-state index is 13.1. The van der Waals surface area contributed by atoms with Crippen LogP contribution in [0, 0.1) is 23.7 Å². The zero-order valence-electron chi connectivity index (χ0n) is 63.7. The molecule has 0 aromatic heterocycles. The fourth-order valence-electron chi connectivity index (χ4n) is 11.8. The zero-order valence-corrected chi connectivity index (χ0v) is 65.5. The van der Waals surface area contributed by atoms with Gasteiger partial charge in [0, 0.05) is 25.7 Å². The summed E-state index contributed by atoms with van der Waals surface area (Å²) in [5.41, 5.74) is 0. The van der Waals surface area contributed by atoms with Gasteiger partial charge in [-0.1, -0.05) is 344 Å². The average molecular weight is 1420 g/mol. The van der Waals surface area contributed by atoms with Crippen LogP contribution in [-0.4, -0.2) is 96.7 Å². The van der Waals surface area contributed by atoms with E-state index in [4.69, 9.17) is 37.0 Å². The van der Waals surface area contributed by atoms with Gasteiger partial charge < -0.3 is 33.8 Å². The summed E-state index contributed by atoms with van der Waals surface area (Å²) in [6.07, 6.45) is 52.8. The first-order chi connectivity index (χ1) is 46.7. The molecule has 17 nitrogen and oxygen atoms in total. The van der Waals surface area contributed by atoms with Crippen LogP contribution < -0.4 is 0 Å². The second-order valence-corrected chi connectivity index (χ2v) is 32.4. The Kier molecular flexibility index (Phi) is 65.9. The Morgan fingerprint density at radius 1 is 0.289 bits per heavy atom. The zero-order chi connectivity index (χ0) is 71.7. The van der Waals surface area contributed by atoms with Crippen LogP contribution in [0.5, 0.6) is 0 Å². The van der Waals surface area contributed by atoms with Crippen LogP contribution in [0.3, 0.4) is 0 Å². The molecule has 0 saturated carbocycles. The molecule has 4 unspecified atom stereocenters. The van der Waals surface area contributed by atoms with Crippen LogP contribution in [-0.2, 0) is 65.4 Å². The fourth-order valence-corrected chi connectivity index (χ4v) is 13.4. The lowest BCUT2D eigenvalue weighted by atomic mass is 9.99. The fraction of sp³-hybridized carbons (Fsp3) is 0.949. The van der Waals surface area contributed by atoms with E-state index in [9.17, 15) is 43.2 Å². The molecule has 7 atom stereocenters. The number of aliphatic hydroxyl groups is 1. The number of esters is 4. The Bertz CT molecular complexity index is 1910. The van der Waals surface area contributed by atoms with Crippen molar-refractivity contribution in [2.45, 2.75) is 414 Å². The summed E-state index contributed by atoms with van der Waals surface area (Å²) >= 11 is 0. The van der Waals surface area contributed by atoms with Crippen molar-refractivity contribution >= 4 is 39.5 Å². The first-order valence-corrected chi connectivity index (χ1v) is 43.3. The van der Waals surface area contributed by atoms with Crippen molar-refractivity contribution in [3.63, 3.8) is 0 Å². The van der Waals surface area contributed by atoms with Crippen LogP contribution in [0.1, 0.15) is 396 Å². The van der Waals surface area contributed by atoms with Crippen LogP contribution in [0.4, 0.5) is 0 Å². The molecule has 0 aliphatic heterocycles. The minimum Gasteiger partial charge on any atom is -0.462 e. The van der Waals surface area contributed by atoms with Crippen molar-refractivity contribution in [1.82, 2.24) is 0 Å². The normalized spacial score (nSPS) is 14.6. The van der Waals surface area contributed by atoms with Gasteiger partial charge in [0.25, 0.3) is 0 Å². The smallest absolute Gasteiger partial charge is 0.462 e. The Hall–Kier alpha value is -1.94. The van der Waals surface area contributed by atoms with Gasteiger partial charge in [-0.2, -0.15) is 0 Å². The van der Waals surface area contributed by atoms with Gasteiger partial charge in [0.05, 0.1) is 26.4 Å². The van der Waals surface area contributed by atoms with Gasteiger partial charge in [-0.3, -0.25) is 37.3 Å². The quantitative estimate of drug-likeness (QED) is 0.0222. The number of hydrogen-bond donors (Lipinski definition) is 3. The second-order valence-electron chi connectivity index (χ2n) is 29.5. The molecule has 576 valence electrons. The van der Waals surface area contributed by atoms with Crippen molar-refractivity contribution in [2.24, 2.45) is 23.7 Å². The van der Waals surface area contributed by atoms with Gasteiger partial charge in [-0.05, 0) is 49.4 Å². The molecule has 0 saturated heterocycles. The first-order valence-electron chi connectivity index (χ1n) is 40.3. The van der Waals surface area contributed by atoms with Gasteiger partial charge >= 0.3 is 39.5 Å². The van der Waals surface area contributed by atoms with Gasteiger partial charge in [-0.15, -0.1) is 0 Å². The lowest BCUT2D eigenvalue weighted by molar-refractivity contribution is -0.161. The van der Waals surface area contributed by atoms with Crippen LogP contribution in [0.15, 0.2) is 0 Å². The van der Waals surface area contributed by atoms with E-state index in [-0.39, 0.29) is 25.7 Å². The molecule has 0 heterocycles. The molecule has 0 bridgehead atoms. The molecule has 97 heavy (non-hydrogen) atoms. The molecule has 19 heteroatoms. The Balaban J connectivity index is 5.21. The highest BCUT2D eigenvalue weighted by Crippen LogP contribution is 2.45. The van der Waals surface area contributed by atoms with Crippen molar-refractivity contribution in [2.75, 3.05) is 39.6 Å². The number of aliphatic hydroxyl groups excluding tert-OH is 1. The molecular weight excluding hydrogens is 1270 g/mol. The topological polar surface area (TPSA) is 237 Å². The molecule has 0 aromatic carbocycles. The van der Waals surface area contributed by atoms with E-state index in [2.05, 4.69) is 55.4 Å². The van der Waals surface area contributed by atoms with Gasteiger partial charge in [0.15, 0.2) is 12.2 Å². The largest absolute Gasteiger partial charge is 0.472 e. The van der Waals surface area contributed by atoms with E-state index in [0.29, 0.717) is 31.6 Å². The number of carbonyl (C=O) groups excluding carboxylic acids is 4. The summed E-state index contributed by atoms with van der Waals surface area (Å²) in [4.78, 5) is 72.9. The third kappa shape index (κ3) is 69.5. The molecule has 0 rings (SSSR count). The molecule has 0 aromatic rings. The van der Waals surface area contributed by atoms with E-state index in [1.165, 1.54) is 193 Å². The van der Waals surface area contributed by atoms with E-state index in [1.54, 1.807) is 0 Å². The number of rotatable bonds is 75. The van der Waals surface area contributed by atoms with Gasteiger partial charge in [0.1, 0.15) is 19.3 Å². The molecule has 0 aliphatic rings. The third-order valence-electron chi connectivity index (χ3n) is 18.8. The highest BCUT2D eigenvalue weighted by atomic mass is 31.2. The Morgan fingerprint density at radius 3 is 0.732 bits per heavy atom. The Labute approximate surface area is 594 Å². The average Bonchev–Trinajstić information content (AvgIpc) is 1.13. The SMILES string of the molecule is CCC(C)CCCCCCCCCCCCCCCCC(=O)O[C@H](COC(=O)CCCCCCCCCCCC(C)C)COP(=O)(O)OC[C@@H](O)COP(=O)(O)OC[C@@H](COC(=O)CCCCCCCCC(C)C)OC(=O)CCCCCCCCCCCCCCCCC(C)CC. The molecule has 0 radical (unpaired) electrons. The van der Waals surface area contributed by atoms with Crippen molar-refractivity contribution in [3.05, 3.63) is 0 Å². The number of phosphoric acid groups is 2. The number of phosphoric ester groups is 2. The lowest BCUT2D eigenvalue weighted by Crippen LogP contribution is -2.30. The standard InChI is InChI=1S/C78H152O17P2/c1-9-70(7)56-48-40-31-25-19-15-11-13-17-21-27-34-44-52-60-77(82)94-73(64-88-75(80)58-50-42-33-29-23-24-30-38-46-54-68(3)4)66-92-96(84,85)90-62-72(79)63-91-97(86,87)93-67-74(65-89-76(81)59-51-43-37-36-39-47-55-69(5)6)95-78(83)61-53-45-35-28-22-18-14-12-16-20-26-32-41-49-57-71(8)10-2/h68-74,79H,9-67H2,1-8H3,(H,84,85)(H,86,87)/t70?,71?,72-,73-,74-/m1/s1. The third-order valence-corrected chi connectivity index (χ3v) is 20.7. The first kappa shape index (κ1) is 95.1. The van der Waals surface area contributed by atoms with E-state index < -0.39 is 97.5 Å². The maximum atomic E-state index is 13.1. The lowest BCUT2D eigenvalue weighted by Gasteiger charge is -2.21. The monoisotopic (exact) mass is 1420 g/mol. The second kappa shape index (κ2) is 67.2. The summed E-state index contributed by atoms with van der Waals surface area (Å²) in [7, 11) is -9.92. The van der Waals surface area contributed by atoms with Crippen LogP contribution in [0.2, 0.25) is 0 Å². The predicted octanol–water partition coefficient (Wildman–Crippen LogP) is 22.8. The maximum Gasteiger partial charge on any atom is 0.472 e. The highest BCUT2D eigenvalue weighted by molar-refractivity contribution is 7.47. The summed E-state index contributed by atoms with van der Waals surface area (Å²) in [6.45, 7) is 14.2. The Morgan fingerprint density at radius 2 is 0.495 bits per heavy atom. The predicted molar refractivity (Wildman–Crippen MR) is 395 cm³/mol. The van der Waals surface area contributed by atoms with Crippen molar-refractivity contribution < 1.29 is 80.2 Å². The molecule has 0 spiro atoms. The van der Waals surface area contributed by atoms with Crippen molar-refractivity contribution in [1.29, 1.82) is 0 Å². The number of unbranched alkanes of at least 4 members (excludes halogenated alkanes) is 39. The molecule has 0 amide bonds. The minimum absolute atomic E-state index is 0.106. The van der Waals surface area contributed by atoms with Crippen LogP contribution in [0.25, 0.3) is 0 Å². The highest BCUT2D eigenvalue weighted by Gasteiger charge is 2.30. The summed E-state index contributed by atoms with van der Waals surface area (Å²) in [6, 6.07) is 0. The summed E-state index contributed by atoms with van der Waals surface area (Å²) in [5, 5.41) is 10.6. The van der Waals surface area contributed by atoms with Crippen LogP contribution >= 0.6 is 15.6 Å². The number of carbonyl (C=O) groups is 4. The molecule has 0 aliphatic carbocycles. The van der Waals surface area contributed by atoms with E-state index in [0.717, 1.165) is 114 Å². The molecular formula is C78H152O17P2. The van der Waals surface area contributed by atoms with E-state index >= 15 is 0 Å². The number of ether oxygens (including phenoxy) is 4. The summed E-state index contributed by atoms with van der Waals surface area (Å²) < 4.78 is 68.6. The minimum atomic E-state index is -4.96.